The summed E-state index contributed by atoms with van der Waals surface area (Å²) >= 11 is 0. The third-order valence-electron chi connectivity index (χ3n) is 6.93. The highest BCUT2D eigenvalue weighted by molar-refractivity contribution is 5.88. The monoisotopic (exact) mass is 422 g/mol. The Balaban J connectivity index is 1.78. The molecule has 1 aromatic heterocycles. The third-order valence-corrected chi connectivity index (χ3v) is 6.93. The number of rotatable bonds is 5. The molecule has 1 aromatic carbocycles. The van der Waals surface area contributed by atoms with Crippen LogP contribution in [0.4, 0.5) is 8.78 Å². The van der Waals surface area contributed by atoms with E-state index >= 15 is 4.39 Å². The van der Waals surface area contributed by atoms with Crippen LogP contribution in [0.25, 0.3) is 16.8 Å². The van der Waals surface area contributed by atoms with Crippen LogP contribution in [-0.2, 0) is 6.54 Å². The first-order chi connectivity index (χ1) is 15.0. The maximum Gasteiger partial charge on any atom is 0.163 e. The van der Waals surface area contributed by atoms with Gasteiger partial charge < -0.3 is 0 Å². The molecular formula is C27H32F2N2. The lowest BCUT2D eigenvalue weighted by Crippen LogP contribution is -2.20. The lowest BCUT2D eigenvalue weighted by Gasteiger charge is -2.28. The number of allylic oxidation sites excluding steroid dienone is 6. The van der Waals surface area contributed by atoms with Gasteiger partial charge in [0.25, 0.3) is 0 Å². The lowest BCUT2D eigenvalue weighted by atomic mass is 9.81. The zero-order chi connectivity index (χ0) is 22.0. The van der Waals surface area contributed by atoms with E-state index in [2.05, 4.69) is 6.92 Å². The highest BCUT2D eigenvalue weighted by Gasteiger charge is 2.28. The van der Waals surface area contributed by atoms with Crippen molar-refractivity contribution in [1.82, 2.24) is 9.78 Å². The van der Waals surface area contributed by atoms with Gasteiger partial charge in [0.1, 0.15) is 5.83 Å². The lowest BCUT2D eigenvalue weighted by molar-refractivity contribution is 0.242. The SMILES string of the molecule is CCC1CCC(Cn2nc(C)c(C3=CC=CC(C)C(F)=C3F)c2-c2ccccc2)CC1. The zero-order valence-corrected chi connectivity index (χ0v) is 18.7. The Labute approximate surface area is 184 Å². The Kier molecular flexibility index (Phi) is 6.54. The molecule has 0 saturated heterocycles. The summed E-state index contributed by atoms with van der Waals surface area (Å²) in [7, 11) is 0. The molecule has 2 aromatic rings. The average molecular weight is 423 g/mol. The van der Waals surface area contributed by atoms with Gasteiger partial charge in [-0.15, -0.1) is 0 Å². The van der Waals surface area contributed by atoms with Crippen LogP contribution in [0.1, 0.15) is 57.2 Å². The van der Waals surface area contributed by atoms with Gasteiger partial charge in [-0.25, -0.2) is 8.78 Å². The van der Waals surface area contributed by atoms with Gasteiger partial charge in [-0.1, -0.05) is 81.7 Å². The smallest absolute Gasteiger partial charge is 0.163 e. The number of hydrogen-bond donors (Lipinski definition) is 0. The van der Waals surface area contributed by atoms with Crippen molar-refractivity contribution in [3.8, 4) is 11.3 Å². The van der Waals surface area contributed by atoms with E-state index in [0.717, 1.165) is 29.4 Å². The number of aryl methyl sites for hydroxylation is 1. The Morgan fingerprint density at radius 1 is 1.03 bits per heavy atom. The van der Waals surface area contributed by atoms with Crippen LogP contribution < -0.4 is 0 Å². The van der Waals surface area contributed by atoms with E-state index in [1.165, 1.54) is 32.1 Å². The van der Waals surface area contributed by atoms with Crippen molar-refractivity contribution in [2.45, 2.75) is 59.4 Å². The minimum Gasteiger partial charge on any atom is -0.264 e. The summed E-state index contributed by atoms with van der Waals surface area (Å²) in [5.74, 6) is -0.660. The summed E-state index contributed by atoms with van der Waals surface area (Å²) < 4.78 is 31.9. The molecule has 0 amide bonds. The third kappa shape index (κ3) is 4.44. The number of aromatic nitrogens is 2. The van der Waals surface area contributed by atoms with Crippen molar-refractivity contribution in [2.75, 3.05) is 0 Å². The van der Waals surface area contributed by atoms with Crippen LogP contribution in [0.5, 0.6) is 0 Å². The molecule has 2 nitrogen and oxygen atoms in total. The van der Waals surface area contributed by atoms with Gasteiger partial charge in [-0.05, 0) is 31.6 Å². The van der Waals surface area contributed by atoms with Gasteiger partial charge in [-0.2, -0.15) is 5.10 Å². The van der Waals surface area contributed by atoms with Crippen LogP contribution in [0.3, 0.4) is 0 Å². The molecule has 1 saturated carbocycles. The first-order valence-electron chi connectivity index (χ1n) is 11.6. The number of benzene rings is 1. The van der Waals surface area contributed by atoms with Crippen molar-refractivity contribution in [2.24, 2.45) is 17.8 Å². The maximum absolute atomic E-state index is 15.2. The van der Waals surface area contributed by atoms with Crippen molar-refractivity contribution < 1.29 is 8.78 Å². The van der Waals surface area contributed by atoms with Gasteiger partial charge in [-0.3, -0.25) is 4.68 Å². The van der Waals surface area contributed by atoms with Crippen molar-refractivity contribution in [3.63, 3.8) is 0 Å². The van der Waals surface area contributed by atoms with E-state index in [1.807, 2.05) is 41.9 Å². The molecule has 1 atom stereocenters. The first-order valence-corrected chi connectivity index (χ1v) is 11.6. The van der Waals surface area contributed by atoms with Gasteiger partial charge in [0.2, 0.25) is 0 Å². The second kappa shape index (κ2) is 9.33. The molecule has 0 N–H and O–H groups in total. The van der Waals surface area contributed by atoms with Crippen molar-refractivity contribution in [3.05, 3.63) is 71.5 Å². The first kappa shape index (κ1) is 21.7. The largest absolute Gasteiger partial charge is 0.264 e. The molecule has 0 aliphatic heterocycles. The molecule has 4 heteroatoms. The predicted molar refractivity (Wildman–Crippen MR) is 124 cm³/mol. The summed E-state index contributed by atoms with van der Waals surface area (Å²) in [5, 5.41) is 4.84. The van der Waals surface area contributed by atoms with Crippen molar-refractivity contribution in [1.29, 1.82) is 0 Å². The zero-order valence-electron chi connectivity index (χ0n) is 18.7. The fourth-order valence-electron chi connectivity index (χ4n) is 4.99. The van der Waals surface area contributed by atoms with E-state index in [9.17, 15) is 4.39 Å². The highest BCUT2D eigenvalue weighted by Crippen LogP contribution is 2.40. The molecule has 31 heavy (non-hydrogen) atoms. The Hall–Kier alpha value is -2.49. The topological polar surface area (TPSA) is 17.8 Å². The quantitative estimate of drug-likeness (QED) is 0.480. The molecule has 4 rings (SSSR count). The average Bonchev–Trinajstić information content (AvgIpc) is 3.05. The molecule has 2 aliphatic carbocycles. The van der Waals surface area contributed by atoms with E-state index in [4.69, 9.17) is 5.10 Å². The van der Waals surface area contributed by atoms with Gasteiger partial charge >= 0.3 is 0 Å². The molecule has 0 bridgehead atoms. The van der Waals surface area contributed by atoms with Gasteiger partial charge in [0.05, 0.1) is 11.4 Å². The minimum absolute atomic E-state index is 0.287. The van der Waals surface area contributed by atoms with E-state index in [1.54, 1.807) is 25.2 Å². The fraction of sp³-hybridized carbons (Fsp3) is 0.444. The second-order valence-corrected chi connectivity index (χ2v) is 9.07. The molecule has 2 aliphatic rings. The van der Waals surface area contributed by atoms with Gasteiger partial charge in [0, 0.05) is 29.2 Å². The minimum atomic E-state index is -0.777. The number of hydrogen-bond acceptors (Lipinski definition) is 1. The highest BCUT2D eigenvalue weighted by atomic mass is 19.2. The summed E-state index contributed by atoms with van der Waals surface area (Å²) in [4.78, 5) is 0. The molecule has 1 unspecified atom stereocenters. The van der Waals surface area contributed by atoms with Crippen LogP contribution in [-0.4, -0.2) is 9.78 Å². The maximum atomic E-state index is 15.2. The summed E-state index contributed by atoms with van der Waals surface area (Å²) in [5.41, 5.74) is 3.58. The fourth-order valence-corrected chi connectivity index (χ4v) is 4.99. The summed E-state index contributed by atoms with van der Waals surface area (Å²) in [6, 6.07) is 9.98. The summed E-state index contributed by atoms with van der Waals surface area (Å²) in [6.45, 7) is 6.66. The summed E-state index contributed by atoms with van der Waals surface area (Å²) in [6.07, 6.45) is 11.3. The molecule has 164 valence electrons. The molecular weight excluding hydrogens is 390 g/mol. The number of nitrogens with zero attached hydrogens (tertiary/aromatic N) is 2. The molecule has 0 radical (unpaired) electrons. The van der Waals surface area contributed by atoms with E-state index in [-0.39, 0.29) is 5.57 Å². The molecule has 1 fully saturated rings. The second-order valence-electron chi connectivity index (χ2n) is 9.07. The Morgan fingerprint density at radius 3 is 2.39 bits per heavy atom. The molecule has 1 heterocycles. The number of halogens is 2. The normalized spacial score (nSPS) is 24.3. The standard InChI is InChI=1S/C27H32F2N2/c1-4-20-13-15-21(16-14-20)17-31-27(22-10-6-5-7-11-22)24(19(3)30-31)23-12-8-9-18(2)25(28)26(23)29/h5-12,18,20-21H,4,13-17H2,1-3H3. The Bertz CT molecular complexity index is 1010. The Morgan fingerprint density at radius 2 is 1.71 bits per heavy atom. The van der Waals surface area contributed by atoms with E-state index in [0.29, 0.717) is 11.5 Å². The van der Waals surface area contributed by atoms with Crippen molar-refractivity contribution >= 4 is 5.57 Å². The van der Waals surface area contributed by atoms with Crippen LogP contribution >= 0.6 is 0 Å². The van der Waals surface area contributed by atoms with E-state index < -0.39 is 17.6 Å². The van der Waals surface area contributed by atoms with Crippen LogP contribution in [0, 0.1) is 24.7 Å². The molecule has 0 spiro atoms. The van der Waals surface area contributed by atoms with Crippen LogP contribution in [0.2, 0.25) is 0 Å². The van der Waals surface area contributed by atoms with Crippen LogP contribution in [0.15, 0.2) is 60.2 Å². The predicted octanol–water partition coefficient (Wildman–Crippen LogP) is 7.81. The van der Waals surface area contributed by atoms with Gasteiger partial charge in [0.15, 0.2) is 5.83 Å².